The van der Waals surface area contributed by atoms with Gasteiger partial charge in [-0.15, -0.1) is 24.0 Å². The van der Waals surface area contributed by atoms with Crippen molar-refractivity contribution in [3.8, 4) is 0 Å². The Morgan fingerprint density at radius 3 is 2.42 bits per heavy atom. The molecule has 0 aliphatic carbocycles. The summed E-state index contributed by atoms with van der Waals surface area (Å²) >= 11 is 5.99. The van der Waals surface area contributed by atoms with E-state index >= 15 is 0 Å². The molecule has 1 heterocycles. The van der Waals surface area contributed by atoms with Gasteiger partial charge in [-0.05, 0) is 26.8 Å². The van der Waals surface area contributed by atoms with Crippen molar-refractivity contribution in [1.82, 2.24) is 14.8 Å². The topological polar surface area (TPSA) is 66.7 Å². The summed E-state index contributed by atoms with van der Waals surface area (Å²) < 4.78 is 25.4. The van der Waals surface area contributed by atoms with Crippen LogP contribution in [0.2, 0.25) is 5.02 Å². The first-order valence-corrected chi connectivity index (χ1v) is 9.46. The molecule has 0 atom stereocenters. The van der Waals surface area contributed by atoms with E-state index in [1.165, 1.54) is 0 Å². The van der Waals surface area contributed by atoms with E-state index in [1.807, 2.05) is 35.8 Å². The van der Waals surface area contributed by atoms with Crippen molar-refractivity contribution in [2.75, 3.05) is 26.4 Å². The van der Waals surface area contributed by atoms with Gasteiger partial charge in [-0.2, -0.15) is 0 Å². The van der Waals surface area contributed by atoms with Gasteiger partial charge < -0.3 is 14.8 Å². The quantitative estimate of drug-likeness (QED) is 0.391. The molecule has 0 aromatic carbocycles. The second-order valence-corrected chi connectivity index (χ2v) is 9.82. The van der Waals surface area contributed by atoms with E-state index in [0.29, 0.717) is 24.1 Å². The maximum absolute atomic E-state index is 12.1. The number of sulfone groups is 1. The minimum atomic E-state index is -3.15. The minimum absolute atomic E-state index is 0. The number of aliphatic imine (C=N–C) groups is 1. The summed E-state index contributed by atoms with van der Waals surface area (Å²) in [4.78, 5) is 6.12. The summed E-state index contributed by atoms with van der Waals surface area (Å²) in [5.41, 5.74) is 1.04. The molecular formula is C15H28ClIN4O2S. The molecule has 0 radical (unpaired) electrons. The Kier molecular flexibility index (Phi) is 9.10. The number of nitrogens with zero attached hydrogens (tertiary/aromatic N) is 3. The van der Waals surface area contributed by atoms with Crippen molar-refractivity contribution in [1.29, 1.82) is 0 Å². The number of nitrogens with one attached hydrogen (secondary N) is 1. The lowest BCUT2D eigenvalue weighted by Gasteiger charge is -2.24. The highest BCUT2D eigenvalue weighted by Crippen LogP contribution is 2.16. The fraction of sp³-hybridized carbons (Fsp3) is 0.667. The van der Waals surface area contributed by atoms with E-state index in [0.717, 1.165) is 5.69 Å². The van der Waals surface area contributed by atoms with Crippen molar-refractivity contribution in [3.63, 3.8) is 0 Å². The van der Waals surface area contributed by atoms with Gasteiger partial charge in [0.05, 0.1) is 22.1 Å². The summed E-state index contributed by atoms with van der Waals surface area (Å²) in [7, 11) is 2.36. The molecular weight excluding hydrogens is 463 g/mol. The summed E-state index contributed by atoms with van der Waals surface area (Å²) in [5.74, 6) is 0.714. The number of hydrogen-bond acceptors (Lipinski definition) is 3. The monoisotopic (exact) mass is 490 g/mol. The maximum Gasteiger partial charge on any atom is 0.193 e. The normalized spacial score (nSPS) is 12.7. The molecule has 0 aliphatic heterocycles. The Morgan fingerprint density at radius 1 is 1.42 bits per heavy atom. The van der Waals surface area contributed by atoms with Crippen molar-refractivity contribution < 1.29 is 8.42 Å². The Hall–Kier alpha value is -0.480. The summed E-state index contributed by atoms with van der Waals surface area (Å²) in [6.45, 7) is 6.08. The first-order valence-electron chi connectivity index (χ1n) is 7.43. The molecule has 0 bridgehead atoms. The zero-order chi connectivity index (χ0) is 17.8. The van der Waals surface area contributed by atoms with Crippen LogP contribution in [0.5, 0.6) is 0 Å². The van der Waals surface area contributed by atoms with Crippen LogP contribution in [0.15, 0.2) is 17.3 Å². The van der Waals surface area contributed by atoms with Crippen LogP contribution >= 0.6 is 35.6 Å². The van der Waals surface area contributed by atoms with Gasteiger partial charge in [0.1, 0.15) is 0 Å². The molecule has 0 spiro atoms. The largest absolute Gasteiger partial charge is 0.355 e. The number of aryl methyl sites for hydroxylation is 1. The van der Waals surface area contributed by atoms with Crippen LogP contribution in [0.4, 0.5) is 0 Å². The van der Waals surface area contributed by atoms with Crippen LogP contribution in [-0.4, -0.2) is 55.0 Å². The lowest BCUT2D eigenvalue weighted by Crippen LogP contribution is -2.42. The molecule has 0 fully saturated rings. The van der Waals surface area contributed by atoms with E-state index in [-0.39, 0.29) is 29.7 Å². The first-order chi connectivity index (χ1) is 10.5. The molecule has 1 aromatic heterocycles. The Balaban J connectivity index is 0.00000529. The predicted octanol–water partition coefficient (Wildman–Crippen LogP) is 2.52. The number of aromatic nitrogens is 1. The highest BCUT2D eigenvalue weighted by atomic mass is 127. The van der Waals surface area contributed by atoms with Gasteiger partial charge in [0, 0.05) is 39.6 Å². The molecule has 0 amide bonds. The van der Waals surface area contributed by atoms with Crippen LogP contribution in [0.1, 0.15) is 26.5 Å². The Morgan fingerprint density at radius 2 is 2.00 bits per heavy atom. The van der Waals surface area contributed by atoms with Crippen LogP contribution < -0.4 is 5.32 Å². The van der Waals surface area contributed by atoms with Gasteiger partial charge in [-0.1, -0.05) is 11.6 Å². The fourth-order valence-corrected chi connectivity index (χ4v) is 3.28. The molecule has 1 rings (SSSR count). The number of guanidine groups is 1. The van der Waals surface area contributed by atoms with Gasteiger partial charge in [0.15, 0.2) is 15.8 Å². The standard InChI is InChI=1S/C15H27ClN4O2S.HI/c1-15(2,3)23(21,22)8-7-18-14(17-4)20(6)11-13-9-12(16)10-19(13)5;/h9-10H,7-8,11H2,1-6H3,(H,17,18);1H. The average molecular weight is 491 g/mol. The van der Waals surface area contributed by atoms with E-state index in [9.17, 15) is 8.42 Å². The smallest absolute Gasteiger partial charge is 0.193 e. The van der Waals surface area contributed by atoms with Gasteiger partial charge in [0.25, 0.3) is 0 Å². The van der Waals surface area contributed by atoms with Gasteiger partial charge in [0.2, 0.25) is 0 Å². The molecule has 0 aliphatic rings. The first kappa shape index (κ1) is 23.5. The predicted molar refractivity (Wildman–Crippen MR) is 112 cm³/mol. The fourth-order valence-electron chi connectivity index (χ4n) is 2.03. The maximum atomic E-state index is 12.1. The molecule has 0 saturated heterocycles. The van der Waals surface area contributed by atoms with Crippen LogP contribution in [0.3, 0.4) is 0 Å². The lowest BCUT2D eigenvalue weighted by molar-refractivity contribution is 0.463. The molecule has 6 nitrogen and oxygen atoms in total. The van der Waals surface area contributed by atoms with Crippen molar-refractivity contribution in [2.24, 2.45) is 12.0 Å². The van der Waals surface area contributed by atoms with E-state index in [4.69, 9.17) is 11.6 Å². The lowest BCUT2D eigenvalue weighted by atomic mass is 10.3. The minimum Gasteiger partial charge on any atom is -0.355 e. The molecule has 0 unspecified atom stereocenters. The molecule has 24 heavy (non-hydrogen) atoms. The van der Waals surface area contributed by atoms with Crippen LogP contribution in [-0.2, 0) is 23.4 Å². The van der Waals surface area contributed by atoms with E-state index in [1.54, 1.807) is 27.8 Å². The second-order valence-electron chi connectivity index (χ2n) is 6.52. The summed E-state index contributed by atoms with van der Waals surface area (Å²) in [6, 6.07) is 1.90. The molecule has 1 aromatic rings. The summed E-state index contributed by atoms with van der Waals surface area (Å²) in [6.07, 6.45) is 1.84. The Labute approximate surface area is 167 Å². The van der Waals surface area contributed by atoms with Crippen molar-refractivity contribution in [3.05, 3.63) is 23.0 Å². The third-order valence-electron chi connectivity index (χ3n) is 3.63. The third-order valence-corrected chi connectivity index (χ3v) is 6.45. The molecule has 9 heteroatoms. The highest BCUT2D eigenvalue weighted by Gasteiger charge is 2.28. The van der Waals surface area contributed by atoms with E-state index < -0.39 is 14.6 Å². The zero-order valence-corrected chi connectivity index (χ0v) is 19.0. The van der Waals surface area contributed by atoms with E-state index in [2.05, 4.69) is 10.3 Å². The molecule has 0 saturated carbocycles. The molecule has 1 N–H and O–H groups in total. The van der Waals surface area contributed by atoms with Gasteiger partial charge >= 0.3 is 0 Å². The third kappa shape index (κ3) is 6.44. The SMILES string of the molecule is CN=C(NCCS(=O)(=O)C(C)(C)C)N(C)Cc1cc(Cl)cn1C.I. The van der Waals surface area contributed by atoms with Crippen LogP contribution in [0, 0.1) is 0 Å². The van der Waals surface area contributed by atoms with Crippen molar-refractivity contribution in [2.45, 2.75) is 32.1 Å². The molecule has 140 valence electrons. The highest BCUT2D eigenvalue weighted by molar-refractivity contribution is 14.0. The van der Waals surface area contributed by atoms with Crippen LogP contribution in [0.25, 0.3) is 0 Å². The zero-order valence-electron chi connectivity index (χ0n) is 15.1. The van der Waals surface area contributed by atoms with Gasteiger partial charge in [-0.25, -0.2) is 8.42 Å². The number of rotatable bonds is 5. The Bertz CT molecular complexity index is 666. The number of halogens is 2. The average Bonchev–Trinajstić information content (AvgIpc) is 2.71. The second kappa shape index (κ2) is 9.28. The number of hydrogen-bond donors (Lipinski definition) is 1. The van der Waals surface area contributed by atoms with Gasteiger partial charge in [-0.3, -0.25) is 4.99 Å². The van der Waals surface area contributed by atoms with Crippen molar-refractivity contribution >= 4 is 51.4 Å². The summed E-state index contributed by atoms with van der Waals surface area (Å²) in [5, 5.41) is 3.79.